The van der Waals surface area contributed by atoms with E-state index in [1.165, 1.54) is 218 Å². The number of unbranched alkanes of at least 4 members (excludes halogenated alkanes) is 37. The van der Waals surface area contributed by atoms with Crippen LogP contribution < -0.4 is 10.2 Å². The van der Waals surface area contributed by atoms with Gasteiger partial charge >= 0.3 is 0 Å². The Bertz CT molecular complexity index is 1200. The molecule has 0 bridgehead atoms. The first-order valence-corrected chi connectivity index (χ1v) is 30.8. The number of quaternary nitrogens is 1. The number of carbonyl (C=O) groups excluding carboxylic acids is 1. The average molecular weight is 980 g/mol. The number of nitrogens with one attached hydrogen (secondary N) is 1. The lowest BCUT2D eigenvalue weighted by Crippen LogP contribution is -2.45. The van der Waals surface area contributed by atoms with Crippen LogP contribution in [0.1, 0.15) is 284 Å². The molecule has 0 heterocycles. The largest absolute Gasteiger partial charge is 0.756 e. The molecule has 2 N–H and O–H groups in total. The molecule has 9 heteroatoms. The lowest BCUT2D eigenvalue weighted by molar-refractivity contribution is -0.870. The SMILES string of the molecule is CCCCCCC/C=C\C/C=C\CCCCCCCCCCCCCCCCCC(=O)NC(COP(=O)([O-])OCC[N+](C)(C)C)C(O)/C=C/CCCCCCCCCCCCCCCCCCC. The first-order valence-electron chi connectivity index (χ1n) is 29.4. The van der Waals surface area contributed by atoms with Gasteiger partial charge in [0.05, 0.1) is 39.9 Å². The number of rotatable bonds is 54. The van der Waals surface area contributed by atoms with E-state index in [-0.39, 0.29) is 19.1 Å². The Hall–Kier alpha value is -1.28. The van der Waals surface area contributed by atoms with Crippen molar-refractivity contribution >= 4 is 13.7 Å². The van der Waals surface area contributed by atoms with Gasteiger partial charge in [0, 0.05) is 6.42 Å². The van der Waals surface area contributed by atoms with Gasteiger partial charge in [-0.3, -0.25) is 9.36 Å². The quantitative estimate of drug-likeness (QED) is 0.0272. The second-order valence-corrected chi connectivity index (χ2v) is 22.8. The van der Waals surface area contributed by atoms with Gasteiger partial charge < -0.3 is 28.8 Å². The molecule has 0 rings (SSSR count). The molecule has 3 atom stereocenters. The third kappa shape index (κ3) is 52.5. The standard InChI is InChI=1S/C59H115N2O6P/c1-6-8-10-12-14-16-18-20-22-24-26-27-28-29-30-31-32-33-35-37-39-41-43-45-47-49-51-53-59(63)60-57(56-67-68(64,65)66-55-54-61(3,4)5)58(62)52-50-48-46-44-42-40-38-36-34-25-23-21-19-17-15-13-11-9-7-2/h18,20,24,26,50,52,57-58,62H,6-17,19,21-23,25,27-49,51,53-56H2,1-5H3,(H-,60,63,64,65)/b20-18-,26-24-,52-50+. The van der Waals surface area contributed by atoms with Crippen LogP contribution in [0.15, 0.2) is 36.5 Å². The predicted octanol–water partition coefficient (Wildman–Crippen LogP) is 17.1. The monoisotopic (exact) mass is 979 g/mol. The number of hydrogen-bond donors (Lipinski definition) is 2. The van der Waals surface area contributed by atoms with Crippen LogP contribution in [0.5, 0.6) is 0 Å². The molecule has 8 nitrogen and oxygen atoms in total. The molecule has 0 saturated heterocycles. The fraction of sp³-hybridized carbons (Fsp3) is 0.881. The number of nitrogens with zero attached hydrogens (tertiary/aromatic N) is 1. The van der Waals surface area contributed by atoms with Crippen LogP contribution in [-0.2, 0) is 18.4 Å². The number of allylic oxidation sites excluding steroid dienone is 5. The van der Waals surface area contributed by atoms with Crippen LogP contribution in [0.25, 0.3) is 0 Å². The number of likely N-dealkylation sites (N-methyl/N-ethyl adjacent to an activating group) is 1. The maximum atomic E-state index is 13.0. The Balaban J connectivity index is 4.16. The summed E-state index contributed by atoms with van der Waals surface area (Å²) in [4.78, 5) is 25.5. The van der Waals surface area contributed by atoms with Gasteiger partial charge in [0.1, 0.15) is 13.2 Å². The Morgan fingerprint density at radius 2 is 0.853 bits per heavy atom. The summed E-state index contributed by atoms with van der Waals surface area (Å²) in [6, 6.07) is -0.886. The fourth-order valence-electron chi connectivity index (χ4n) is 8.72. The summed E-state index contributed by atoms with van der Waals surface area (Å²) in [5.74, 6) is -0.194. The summed E-state index contributed by atoms with van der Waals surface area (Å²) in [7, 11) is 1.27. The normalized spacial score (nSPS) is 14.2. The molecule has 0 aromatic heterocycles. The highest BCUT2D eigenvalue weighted by atomic mass is 31.2. The third-order valence-electron chi connectivity index (χ3n) is 13.3. The van der Waals surface area contributed by atoms with Crippen molar-refractivity contribution in [2.24, 2.45) is 0 Å². The van der Waals surface area contributed by atoms with E-state index in [1.807, 2.05) is 27.2 Å². The van der Waals surface area contributed by atoms with E-state index in [4.69, 9.17) is 9.05 Å². The fourth-order valence-corrected chi connectivity index (χ4v) is 9.44. The first kappa shape index (κ1) is 66.7. The van der Waals surface area contributed by atoms with Crippen LogP contribution in [0.2, 0.25) is 0 Å². The molecule has 0 aliphatic carbocycles. The van der Waals surface area contributed by atoms with Crippen LogP contribution >= 0.6 is 7.82 Å². The molecule has 0 spiro atoms. The summed E-state index contributed by atoms with van der Waals surface area (Å²) in [6.07, 6.45) is 65.0. The van der Waals surface area contributed by atoms with Crippen molar-refractivity contribution in [2.45, 2.75) is 296 Å². The Kier molecular flexibility index (Phi) is 49.7. The molecule has 0 aliphatic rings. The number of carbonyl (C=O) groups is 1. The summed E-state index contributed by atoms with van der Waals surface area (Å²) < 4.78 is 23.4. The van der Waals surface area contributed by atoms with Crippen molar-refractivity contribution in [1.82, 2.24) is 5.32 Å². The van der Waals surface area contributed by atoms with E-state index in [9.17, 15) is 19.4 Å². The molecule has 1 amide bonds. The Labute approximate surface area is 423 Å². The molecule has 402 valence electrons. The minimum absolute atomic E-state index is 0.000151. The number of aliphatic hydroxyl groups is 1. The number of aliphatic hydroxyl groups excluding tert-OH is 1. The molecular formula is C59H115N2O6P. The van der Waals surface area contributed by atoms with E-state index in [0.29, 0.717) is 17.4 Å². The van der Waals surface area contributed by atoms with Crippen molar-refractivity contribution in [2.75, 3.05) is 40.9 Å². The summed E-state index contributed by atoms with van der Waals surface area (Å²) in [6.45, 7) is 4.67. The zero-order valence-electron chi connectivity index (χ0n) is 45.8. The van der Waals surface area contributed by atoms with Gasteiger partial charge in [-0.2, -0.15) is 0 Å². The molecule has 0 aromatic carbocycles. The highest BCUT2D eigenvalue weighted by Gasteiger charge is 2.23. The smallest absolute Gasteiger partial charge is 0.268 e. The highest BCUT2D eigenvalue weighted by Crippen LogP contribution is 2.38. The number of hydrogen-bond acceptors (Lipinski definition) is 6. The maximum Gasteiger partial charge on any atom is 0.268 e. The van der Waals surface area contributed by atoms with Gasteiger partial charge in [-0.05, 0) is 51.4 Å². The number of phosphoric acid groups is 1. The van der Waals surface area contributed by atoms with E-state index in [0.717, 1.165) is 44.9 Å². The topological polar surface area (TPSA) is 108 Å². The lowest BCUT2D eigenvalue weighted by Gasteiger charge is -2.29. The van der Waals surface area contributed by atoms with Gasteiger partial charge in [0.15, 0.2) is 0 Å². The van der Waals surface area contributed by atoms with E-state index in [1.54, 1.807) is 6.08 Å². The van der Waals surface area contributed by atoms with Crippen LogP contribution in [0.4, 0.5) is 0 Å². The molecule has 0 aromatic rings. The zero-order chi connectivity index (χ0) is 49.9. The van der Waals surface area contributed by atoms with E-state index >= 15 is 0 Å². The van der Waals surface area contributed by atoms with Crippen molar-refractivity contribution in [1.29, 1.82) is 0 Å². The van der Waals surface area contributed by atoms with E-state index in [2.05, 4.69) is 43.5 Å². The lowest BCUT2D eigenvalue weighted by atomic mass is 10.0. The van der Waals surface area contributed by atoms with Crippen LogP contribution in [0, 0.1) is 0 Å². The van der Waals surface area contributed by atoms with Gasteiger partial charge in [0.2, 0.25) is 5.91 Å². The predicted molar refractivity (Wildman–Crippen MR) is 293 cm³/mol. The Morgan fingerprint density at radius 3 is 1.22 bits per heavy atom. The molecule has 3 unspecified atom stereocenters. The molecule has 0 fully saturated rings. The number of phosphoric ester groups is 1. The van der Waals surface area contributed by atoms with Gasteiger partial charge in [-0.15, -0.1) is 0 Å². The third-order valence-corrected chi connectivity index (χ3v) is 14.3. The molecule has 0 saturated carbocycles. The molecular weight excluding hydrogens is 864 g/mol. The first-order chi connectivity index (χ1) is 33.0. The highest BCUT2D eigenvalue weighted by molar-refractivity contribution is 7.45. The molecule has 68 heavy (non-hydrogen) atoms. The van der Waals surface area contributed by atoms with Crippen molar-refractivity contribution in [3.8, 4) is 0 Å². The number of amides is 1. The van der Waals surface area contributed by atoms with Crippen LogP contribution in [0.3, 0.4) is 0 Å². The average Bonchev–Trinajstić information content (AvgIpc) is 3.30. The van der Waals surface area contributed by atoms with Crippen LogP contribution in [-0.4, -0.2) is 68.5 Å². The van der Waals surface area contributed by atoms with E-state index < -0.39 is 20.0 Å². The minimum Gasteiger partial charge on any atom is -0.756 e. The van der Waals surface area contributed by atoms with Crippen molar-refractivity contribution in [3.63, 3.8) is 0 Å². The van der Waals surface area contributed by atoms with Gasteiger partial charge in [-0.25, -0.2) is 0 Å². The summed E-state index contributed by atoms with van der Waals surface area (Å²) in [5.41, 5.74) is 0. The van der Waals surface area contributed by atoms with Crippen molar-refractivity contribution in [3.05, 3.63) is 36.5 Å². The molecule has 0 radical (unpaired) electrons. The summed E-state index contributed by atoms with van der Waals surface area (Å²) in [5, 5.41) is 13.9. The van der Waals surface area contributed by atoms with Gasteiger partial charge in [-0.1, -0.05) is 262 Å². The zero-order valence-corrected chi connectivity index (χ0v) is 46.7. The molecule has 0 aliphatic heterocycles. The van der Waals surface area contributed by atoms with Gasteiger partial charge in [0.25, 0.3) is 7.82 Å². The maximum absolute atomic E-state index is 13.0. The second-order valence-electron chi connectivity index (χ2n) is 21.4. The van der Waals surface area contributed by atoms with Crippen molar-refractivity contribution < 1.29 is 32.9 Å². The Morgan fingerprint density at radius 1 is 0.515 bits per heavy atom. The minimum atomic E-state index is -4.60. The summed E-state index contributed by atoms with van der Waals surface area (Å²) >= 11 is 0. The second kappa shape index (κ2) is 50.7.